The van der Waals surface area contributed by atoms with Crippen LogP contribution in [-0.2, 0) is 4.74 Å². The molecule has 2 aliphatic rings. The Morgan fingerprint density at radius 3 is 2.54 bits per heavy atom. The number of hydrogen-bond acceptors (Lipinski definition) is 3. The van der Waals surface area contributed by atoms with Crippen LogP contribution in [-0.4, -0.2) is 42.6 Å². The molecule has 0 radical (unpaired) electrons. The van der Waals surface area contributed by atoms with E-state index in [2.05, 4.69) is 4.90 Å². The van der Waals surface area contributed by atoms with E-state index >= 15 is 0 Å². The Morgan fingerprint density at radius 2 is 2.00 bits per heavy atom. The molecule has 2 bridgehead atoms. The highest BCUT2D eigenvalue weighted by atomic mass is 16.5. The summed E-state index contributed by atoms with van der Waals surface area (Å²) in [5.74, 6) is 0.291. The number of nitrogens with one attached hydrogen (secondary N) is 1. The lowest BCUT2D eigenvalue weighted by molar-refractivity contribution is -0.0373. The minimum Gasteiger partial charge on any atom is -0.388 e. The normalized spacial score (nSPS) is 33.5. The Hall–Kier alpha value is -0.610. The predicted octanol–water partition coefficient (Wildman–Crippen LogP) is 0.176. The number of rotatable bonds is 3. The van der Waals surface area contributed by atoms with Gasteiger partial charge < -0.3 is 10.5 Å². The molecule has 2 saturated heterocycles. The largest absolute Gasteiger partial charge is 0.388 e. The van der Waals surface area contributed by atoms with Crippen LogP contribution in [0.15, 0.2) is 0 Å². The van der Waals surface area contributed by atoms with Gasteiger partial charge in [-0.2, -0.15) is 0 Å². The maximum Gasteiger partial charge on any atom is 0.0918 e. The van der Waals surface area contributed by atoms with E-state index in [9.17, 15) is 0 Å². The minimum absolute atomic E-state index is 0.291. The quantitative estimate of drug-likeness (QED) is 0.484. The summed E-state index contributed by atoms with van der Waals surface area (Å²) >= 11 is 0. The SMILES string of the molecule is N=C(N)CCN1CC2CCC(C1)O2. The second-order valence-corrected chi connectivity index (χ2v) is 3.99. The molecule has 0 aromatic carbocycles. The van der Waals surface area contributed by atoms with Crippen LogP contribution >= 0.6 is 0 Å². The van der Waals surface area contributed by atoms with Crippen molar-refractivity contribution in [2.75, 3.05) is 19.6 Å². The van der Waals surface area contributed by atoms with Crippen molar-refractivity contribution in [2.45, 2.75) is 31.5 Å². The van der Waals surface area contributed by atoms with Crippen LogP contribution in [0.5, 0.6) is 0 Å². The Kier molecular flexibility index (Phi) is 2.51. The third-order valence-corrected chi connectivity index (χ3v) is 2.82. The number of fused-ring (bicyclic) bond motifs is 2. The summed E-state index contributed by atoms with van der Waals surface area (Å²) in [6.07, 6.45) is 4.01. The second kappa shape index (κ2) is 3.64. The van der Waals surface area contributed by atoms with Crippen molar-refractivity contribution < 1.29 is 4.74 Å². The van der Waals surface area contributed by atoms with Gasteiger partial charge in [-0.1, -0.05) is 0 Å². The first-order valence-corrected chi connectivity index (χ1v) is 4.95. The van der Waals surface area contributed by atoms with Crippen LogP contribution in [0.1, 0.15) is 19.3 Å². The third-order valence-electron chi connectivity index (χ3n) is 2.82. The zero-order chi connectivity index (χ0) is 9.26. The van der Waals surface area contributed by atoms with E-state index < -0.39 is 0 Å². The molecule has 3 N–H and O–H groups in total. The highest BCUT2D eigenvalue weighted by molar-refractivity contribution is 5.76. The first-order valence-electron chi connectivity index (χ1n) is 4.95. The molecular formula is C9H17N3O. The number of amidine groups is 1. The summed E-state index contributed by atoms with van der Waals surface area (Å²) in [5, 5.41) is 7.15. The maximum absolute atomic E-state index is 7.15. The Bertz CT molecular complexity index is 195. The number of nitrogens with two attached hydrogens (primary N) is 1. The van der Waals surface area contributed by atoms with Crippen molar-refractivity contribution in [3.63, 3.8) is 0 Å². The van der Waals surface area contributed by atoms with Gasteiger partial charge >= 0.3 is 0 Å². The van der Waals surface area contributed by atoms with Gasteiger partial charge in [0.2, 0.25) is 0 Å². The van der Waals surface area contributed by atoms with Gasteiger partial charge in [-0.25, -0.2) is 0 Å². The van der Waals surface area contributed by atoms with Gasteiger partial charge in [0, 0.05) is 26.1 Å². The number of hydrogen-bond donors (Lipinski definition) is 2. The highest BCUT2D eigenvalue weighted by Crippen LogP contribution is 2.25. The monoisotopic (exact) mass is 183 g/mol. The summed E-state index contributed by atoms with van der Waals surface area (Å²) in [7, 11) is 0. The molecule has 0 aromatic rings. The summed E-state index contributed by atoms with van der Waals surface area (Å²) in [6, 6.07) is 0. The smallest absolute Gasteiger partial charge is 0.0918 e. The first-order chi connectivity index (χ1) is 6.24. The molecule has 2 aliphatic heterocycles. The zero-order valence-electron chi connectivity index (χ0n) is 7.83. The van der Waals surface area contributed by atoms with Gasteiger partial charge in [0.1, 0.15) is 0 Å². The fourth-order valence-electron chi connectivity index (χ4n) is 2.16. The van der Waals surface area contributed by atoms with Crippen molar-refractivity contribution >= 4 is 5.84 Å². The lowest BCUT2D eigenvalue weighted by Gasteiger charge is -2.31. The van der Waals surface area contributed by atoms with E-state index in [4.69, 9.17) is 15.9 Å². The third kappa shape index (κ3) is 2.19. The van der Waals surface area contributed by atoms with E-state index in [-0.39, 0.29) is 0 Å². The molecule has 0 aliphatic carbocycles. The van der Waals surface area contributed by atoms with Crippen molar-refractivity contribution in [1.29, 1.82) is 5.41 Å². The summed E-state index contributed by atoms with van der Waals surface area (Å²) in [4.78, 5) is 2.37. The number of ether oxygens (including phenoxy) is 1. The van der Waals surface area contributed by atoms with Crippen LogP contribution in [0.25, 0.3) is 0 Å². The summed E-state index contributed by atoms with van der Waals surface area (Å²) in [6.45, 7) is 2.99. The van der Waals surface area contributed by atoms with E-state index in [1.54, 1.807) is 0 Å². The fraction of sp³-hybridized carbons (Fsp3) is 0.889. The fourth-order valence-corrected chi connectivity index (χ4v) is 2.16. The van der Waals surface area contributed by atoms with Crippen LogP contribution < -0.4 is 5.73 Å². The number of morpholine rings is 1. The Labute approximate surface area is 78.5 Å². The molecule has 0 spiro atoms. The van der Waals surface area contributed by atoms with Gasteiger partial charge in [0.25, 0.3) is 0 Å². The Morgan fingerprint density at radius 1 is 1.38 bits per heavy atom. The van der Waals surface area contributed by atoms with Gasteiger partial charge in [-0.3, -0.25) is 10.3 Å². The second-order valence-electron chi connectivity index (χ2n) is 3.99. The van der Waals surface area contributed by atoms with Crippen molar-refractivity contribution in [2.24, 2.45) is 5.73 Å². The van der Waals surface area contributed by atoms with Crippen molar-refractivity contribution in [3.8, 4) is 0 Å². The first kappa shape index (κ1) is 8.97. The lowest BCUT2D eigenvalue weighted by Crippen LogP contribution is -2.43. The van der Waals surface area contributed by atoms with Crippen LogP contribution in [0.4, 0.5) is 0 Å². The number of nitrogens with zero attached hydrogens (tertiary/aromatic N) is 1. The molecule has 2 unspecified atom stereocenters. The molecule has 0 aromatic heterocycles. The maximum atomic E-state index is 7.15. The molecular weight excluding hydrogens is 166 g/mol. The molecule has 4 nitrogen and oxygen atoms in total. The standard InChI is InChI=1S/C9H17N3O/c10-9(11)3-4-12-5-7-1-2-8(6-12)13-7/h7-8H,1-6H2,(H3,10,11). The van der Waals surface area contributed by atoms with Crippen LogP contribution in [0.2, 0.25) is 0 Å². The summed E-state index contributed by atoms with van der Waals surface area (Å²) in [5.41, 5.74) is 5.32. The zero-order valence-corrected chi connectivity index (χ0v) is 7.83. The molecule has 2 fully saturated rings. The average molecular weight is 183 g/mol. The summed E-state index contributed by atoms with van der Waals surface area (Å²) < 4.78 is 5.71. The Balaban J connectivity index is 1.78. The highest BCUT2D eigenvalue weighted by Gasteiger charge is 2.33. The topological polar surface area (TPSA) is 62.3 Å². The van der Waals surface area contributed by atoms with E-state index in [0.29, 0.717) is 24.5 Å². The van der Waals surface area contributed by atoms with Crippen molar-refractivity contribution in [1.82, 2.24) is 4.90 Å². The van der Waals surface area contributed by atoms with E-state index in [0.717, 1.165) is 19.6 Å². The van der Waals surface area contributed by atoms with Gasteiger partial charge in [0.05, 0.1) is 18.0 Å². The molecule has 74 valence electrons. The van der Waals surface area contributed by atoms with Gasteiger partial charge in [0.15, 0.2) is 0 Å². The van der Waals surface area contributed by atoms with E-state index in [1.807, 2.05) is 0 Å². The predicted molar refractivity (Wildman–Crippen MR) is 50.9 cm³/mol. The molecule has 2 heterocycles. The lowest BCUT2D eigenvalue weighted by atomic mass is 10.2. The van der Waals surface area contributed by atoms with Crippen molar-refractivity contribution in [3.05, 3.63) is 0 Å². The molecule has 4 heteroatoms. The molecule has 13 heavy (non-hydrogen) atoms. The van der Waals surface area contributed by atoms with Crippen LogP contribution in [0, 0.1) is 5.41 Å². The number of likely N-dealkylation sites (tertiary alicyclic amines) is 1. The molecule has 0 saturated carbocycles. The van der Waals surface area contributed by atoms with Gasteiger partial charge in [-0.05, 0) is 12.8 Å². The minimum atomic E-state index is 0.291. The van der Waals surface area contributed by atoms with Gasteiger partial charge in [-0.15, -0.1) is 0 Å². The van der Waals surface area contributed by atoms with Crippen LogP contribution in [0.3, 0.4) is 0 Å². The molecule has 2 atom stereocenters. The molecule has 2 rings (SSSR count). The average Bonchev–Trinajstić information content (AvgIpc) is 2.42. The molecule has 0 amide bonds. The van der Waals surface area contributed by atoms with E-state index in [1.165, 1.54) is 12.8 Å².